The fourth-order valence-corrected chi connectivity index (χ4v) is 3.54. The Morgan fingerprint density at radius 3 is 2.59 bits per heavy atom. The van der Waals surface area contributed by atoms with E-state index in [9.17, 15) is 22.8 Å². The molecule has 0 atom stereocenters. The summed E-state index contributed by atoms with van der Waals surface area (Å²) in [5.41, 5.74) is 0.0162. The first-order valence-electron chi connectivity index (χ1n) is 9.52. The van der Waals surface area contributed by atoms with Crippen molar-refractivity contribution in [1.82, 2.24) is 10.1 Å². The quantitative estimate of drug-likeness (QED) is 0.499. The number of hydrogen-bond donors (Lipinski definition) is 0. The van der Waals surface area contributed by atoms with Crippen molar-refractivity contribution in [2.24, 2.45) is 5.41 Å². The minimum absolute atomic E-state index is 0.0937. The maximum Gasteiger partial charge on any atom is 0.453 e. The van der Waals surface area contributed by atoms with Crippen LogP contribution in [0, 0.1) is 5.41 Å². The molecule has 29 heavy (non-hydrogen) atoms. The summed E-state index contributed by atoms with van der Waals surface area (Å²) in [6.45, 7) is 5.84. The normalized spacial score (nSPS) is 16.8. The number of amides is 2. The first kappa shape index (κ1) is 21.1. The first-order valence-corrected chi connectivity index (χ1v) is 9.52. The van der Waals surface area contributed by atoms with Gasteiger partial charge in [0.2, 0.25) is 17.6 Å². The van der Waals surface area contributed by atoms with Crippen LogP contribution in [0.15, 0.2) is 16.7 Å². The van der Waals surface area contributed by atoms with E-state index in [4.69, 9.17) is 4.74 Å². The number of alkyl halides is 3. The standard InChI is InChI=1S/C20H23F3N2O4/c1-4-6-12-14(8-7-13-16(12)24-29-17(13)20(21,22)23)28-10-5-9-25-15(26)11-19(2,3)18(25)27/h7-8H,4-6,9-11H2,1-3H3. The molecule has 0 saturated carbocycles. The van der Waals surface area contributed by atoms with Crippen LogP contribution in [0.2, 0.25) is 0 Å². The van der Waals surface area contributed by atoms with Gasteiger partial charge in [-0.05, 0) is 25.0 Å². The van der Waals surface area contributed by atoms with Crippen LogP contribution >= 0.6 is 0 Å². The smallest absolute Gasteiger partial charge is 0.453 e. The zero-order valence-electron chi connectivity index (χ0n) is 16.6. The minimum atomic E-state index is -4.62. The van der Waals surface area contributed by atoms with Gasteiger partial charge in [0.25, 0.3) is 0 Å². The number of aryl methyl sites for hydroxylation is 1. The predicted octanol–water partition coefficient (Wildman–Crippen LogP) is 4.35. The highest BCUT2D eigenvalue weighted by molar-refractivity contribution is 6.05. The fourth-order valence-electron chi connectivity index (χ4n) is 3.54. The number of nitrogens with zero attached hydrogens (tertiary/aromatic N) is 2. The number of fused-ring (bicyclic) bond motifs is 1. The van der Waals surface area contributed by atoms with Crippen LogP contribution in [0.5, 0.6) is 5.75 Å². The van der Waals surface area contributed by atoms with E-state index in [1.165, 1.54) is 17.0 Å². The summed E-state index contributed by atoms with van der Waals surface area (Å²) < 4.78 is 49.5. The van der Waals surface area contributed by atoms with Crippen molar-refractivity contribution >= 4 is 22.7 Å². The number of halogens is 3. The van der Waals surface area contributed by atoms with Crippen LogP contribution in [-0.2, 0) is 22.2 Å². The number of ether oxygens (including phenoxy) is 1. The lowest BCUT2D eigenvalue weighted by molar-refractivity contribution is -0.154. The van der Waals surface area contributed by atoms with Gasteiger partial charge in [0.1, 0.15) is 11.3 Å². The highest BCUT2D eigenvalue weighted by atomic mass is 19.4. The van der Waals surface area contributed by atoms with Gasteiger partial charge in [-0.15, -0.1) is 0 Å². The number of rotatable bonds is 7. The summed E-state index contributed by atoms with van der Waals surface area (Å²) in [7, 11) is 0. The van der Waals surface area contributed by atoms with E-state index in [0.29, 0.717) is 30.6 Å². The zero-order chi connectivity index (χ0) is 21.4. The molecule has 6 nitrogen and oxygen atoms in total. The van der Waals surface area contributed by atoms with E-state index in [0.717, 1.165) is 0 Å². The Hall–Kier alpha value is -2.58. The van der Waals surface area contributed by atoms with Gasteiger partial charge in [-0.2, -0.15) is 13.2 Å². The molecule has 158 valence electrons. The molecule has 0 N–H and O–H groups in total. The molecule has 2 aromatic rings. The molecule has 0 radical (unpaired) electrons. The van der Waals surface area contributed by atoms with Gasteiger partial charge in [-0.3, -0.25) is 14.5 Å². The average Bonchev–Trinajstić information content (AvgIpc) is 3.14. The van der Waals surface area contributed by atoms with Crippen LogP contribution in [0.1, 0.15) is 51.4 Å². The van der Waals surface area contributed by atoms with Crippen molar-refractivity contribution in [3.8, 4) is 5.75 Å². The zero-order valence-corrected chi connectivity index (χ0v) is 16.6. The molecule has 1 aromatic carbocycles. The van der Waals surface area contributed by atoms with Crippen LogP contribution in [-0.4, -0.2) is 35.0 Å². The molecule has 2 heterocycles. The SMILES string of the molecule is CCCc1c(OCCCN2C(=O)CC(C)(C)C2=O)ccc2c(C(F)(F)F)onc12. The molecular weight excluding hydrogens is 389 g/mol. The maximum atomic E-state index is 13.1. The fraction of sp³-hybridized carbons (Fsp3) is 0.550. The van der Waals surface area contributed by atoms with Gasteiger partial charge < -0.3 is 9.26 Å². The van der Waals surface area contributed by atoms with E-state index < -0.39 is 17.4 Å². The van der Waals surface area contributed by atoms with Crippen molar-refractivity contribution in [1.29, 1.82) is 0 Å². The molecular formula is C20H23F3N2O4. The molecule has 0 unspecified atom stereocenters. The third kappa shape index (κ3) is 4.09. The number of imide groups is 1. The van der Waals surface area contributed by atoms with Gasteiger partial charge in [-0.25, -0.2) is 0 Å². The molecule has 1 aliphatic heterocycles. The first-order chi connectivity index (χ1) is 13.6. The van der Waals surface area contributed by atoms with Crippen molar-refractivity contribution in [3.05, 3.63) is 23.5 Å². The number of aromatic nitrogens is 1. The molecule has 1 aromatic heterocycles. The Bertz CT molecular complexity index is 934. The van der Waals surface area contributed by atoms with E-state index in [1.54, 1.807) is 13.8 Å². The number of carbonyl (C=O) groups is 2. The van der Waals surface area contributed by atoms with Crippen molar-refractivity contribution in [3.63, 3.8) is 0 Å². The Labute approximate surface area is 166 Å². The monoisotopic (exact) mass is 412 g/mol. The van der Waals surface area contributed by atoms with Crippen LogP contribution < -0.4 is 4.74 Å². The lowest BCUT2D eigenvalue weighted by atomic mass is 9.92. The number of carbonyl (C=O) groups excluding carboxylic acids is 2. The van der Waals surface area contributed by atoms with Crippen molar-refractivity contribution in [2.45, 2.75) is 52.6 Å². The average molecular weight is 412 g/mol. The number of benzene rings is 1. The highest BCUT2D eigenvalue weighted by Crippen LogP contribution is 2.38. The summed E-state index contributed by atoms with van der Waals surface area (Å²) in [5.74, 6) is -1.08. The Morgan fingerprint density at radius 1 is 1.28 bits per heavy atom. The summed E-state index contributed by atoms with van der Waals surface area (Å²) in [6, 6.07) is 2.77. The topological polar surface area (TPSA) is 72.6 Å². The lowest BCUT2D eigenvalue weighted by Gasteiger charge is -2.18. The van der Waals surface area contributed by atoms with Gasteiger partial charge >= 0.3 is 6.18 Å². The third-order valence-corrected chi connectivity index (χ3v) is 4.97. The number of likely N-dealkylation sites (tertiary alicyclic amines) is 1. The summed E-state index contributed by atoms with van der Waals surface area (Å²) in [5, 5.41) is 3.53. The summed E-state index contributed by atoms with van der Waals surface area (Å²) in [4.78, 5) is 25.5. The Morgan fingerprint density at radius 2 is 2.00 bits per heavy atom. The van der Waals surface area contributed by atoms with Gasteiger partial charge in [-0.1, -0.05) is 32.3 Å². The lowest BCUT2D eigenvalue weighted by Crippen LogP contribution is -2.34. The molecule has 0 spiro atoms. The second kappa shape index (κ2) is 7.68. The van der Waals surface area contributed by atoms with Crippen LogP contribution in [0.25, 0.3) is 10.9 Å². The number of hydrogen-bond acceptors (Lipinski definition) is 5. The van der Waals surface area contributed by atoms with Crippen molar-refractivity contribution < 1.29 is 32.0 Å². The largest absolute Gasteiger partial charge is 0.493 e. The van der Waals surface area contributed by atoms with Crippen molar-refractivity contribution in [2.75, 3.05) is 13.2 Å². The Kier molecular flexibility index (Phi) is 5.60. The Balaban J connectivity index is 1.71. The molecule has 1 aliphatic rings. The van der Waals surface area contributed by atoms with E-state index in [-0.39, 0.29) is 42.3 Å². The van der Waals surface area contributed by atoms with Crippen LogP contribution in [0.3, 0.4) is 0 Å². The van der Waals surface area contributed by atoms with E-state index in [2.05, 4.69) is 9.68 Å². The molecule has 2 amide bonds. The highest BCUT2D eigenvalue weighted by Gasteiger charge is 2.44. The molecule has 0 bridgehead atoms. The molecule has 3 rings (SSSR count). The van der Waals surface area contributed by atoms with Gasteiger partial charge in [0.05, 0.1) is 17.4 Å². The molecule has 0 aliphatic carbocycles. The van der Waals surface area contributed by atoms with Crippen LogP contribution in [0.4, 0.5) is 13.2 Å². The minimum Gasteiger partial charge on any atom is -0.493 e. The second-order valence-corrected chi connectivity index (χ2v) is 7.81. The molecule has 9 heteroatoms. The maximum absolute atomic E-state index is 13.1. The van der Waals surface area contributed by atoms with E-state index in [1.807, 2.05) is 6.92 Å². The van der Waals surface area contributed by atoms with Gasteiger partial charge in [0, 0.05) is 18.5 Å². The summed E-state index contributed by atoms with van der Waals surface area (Å²) >= 11 is 0. The molecule has 1 fully saturated rings. The third-order valence-electron chi connectivity index (χ3n) is 4.97. The summed E-state index contributed by atoms with van der Waals surface area (Å²) in [6.07, 6.45) is -2.84. The molecule has 1 saturated heterocycles. The van der Waals surface area contributed by atoms with E-state index >= 15 is 0 Å². The van der Waals surface area contributed by atoms with Gasteiger partial charge in [0.15, 0.2) is 0 Å². The predicted molar refractivity (Wildman–Crippen MR) is 98.2 cm³/mol. The second-order valence-electron chi connectivity index (χ2n) is 7.81.